The fourth-order valence-electron chi connectivity index (χ4n) is 2.64. The Bertz CT molecular complexity index is 866. The van der Waals surface area contributed by atoms with E-state index in [4.69, 9.17) is 0 Å². The molecule has 7 heteroatoms. The number of hydrogen-bond donors (Lipinski definition) is 0. The van der Waals surface area contributed by atoms with Crippen LogP contribution in [0.15, 0.2) is 87.5 Å². The smallest absolute Gasteiger partial charge is 0.166 e. The maximum atomic E-state index is 12.9. The molecule has 0 nitrogen and oxygen atoms in total. The lowest BCUT2D eigenvalue weighted by molar-refractivity contribution is -0.138. The van der Waals surface area contributed by atoms with Crippen LogP contribution in [0.1, 0.15) is 16.7 Å². The number of rotatable bonds is 3. The van der Waals surface area contributed by atoms with Crippen molar-refractivity contribution in [1.82, 2.24) is 0 Å². The van der Waals surface area contributed by atoms with Crippen molar-refractivity contribution in [2.45, 2.75) is 34.0 Å². The van der Waals surface area contributed by atoms with Gasteiger partial charge in [0.25, 0.3) is 0 Å². The van der Waals surface area contributed by atoms with Crippen LogP contribution in [0.5, 0.6) is 0 Å². The van der Waals surface area contributed by atoms with Crippen molar-refractivity contribution >= 4 is 10.9 Å². The average Bonchev–Trinajstić information content (AvgIpc) is 2.63. The molecule has 0 spiro atoms. The molecule has 0 aliphatic rings. The lowest BCUT2D eigenvalue weighted by atomic mass is 10.2. The van der Waals surface area contributed by atoms with E-state index in [1.165, 1.54) is 24.3 Å². The fraction of sp³-hybridized carbons (Fsp3) is 0.143. The van der Waals surface area contributed by atoms with Crippen LogP contribution in [-0.2, 0) is 23.2 Å². The summed E-state index contributed by atoms with van der Waals surface area (Å²) in [5.41, 5.74) is -0.528. The van der Waals surface area contributed by atoms with Crippen LogP contribution >= 0.6 is 0 Å². The summed E-state index contributed by atoms with van der Waals surface area (Å²) in [4.78, 5) is 2.00. The predicted octanol–water partition coefficient (Wildman–Crippen LogP) is 7.13. The van der Waals surface area contributed by atoms with Gasteiger partial charge in [-0.2, -0.15) is 26.3 Å². The van der Waals surface area contributed by atoms with Crippen molar-refractivity contribution in [2.24, 2.45) is 0 Å². The zero-order valence-electron chi connectivity index (χ0n) is 14.6. The van der Waals surface area contributed by atoms with Gasteiger partial charge in [0.2, 0.25) is 0 Å². The first-order valence-corrected chi connectivity index (χ1v) is 9.44. The molecule has 0 aliphatic carbocycles. The first-order chi connectivity index (χ1) is 13.1. The Labute approximate surface area is 161 Å². The van der Waals surface area contributed by atoms with Crippen molar-refractivity contribution < 1.29 is 26.3 Å². The van der Waals surface area contributed by atoms with Crippen LogP contribution in [0.25, 0.3) is 0 Å². The SMILES string of the molecule is Cc1ccc([S+](c2ccc(C(F)(F)F)cc2)c2ccc(C(F)(F)F)cc2)cc1. The lowest BCUT2D eigenvalue weighted by Gasteiger charge is -2.11. The molecule has 0 N–H and O–H groups in total. The van der Waals surface area contributed by atoms with E-state index in [1.807, 2.05) is 31.2 Å². The van der Waals surface area contributed by atoms with Gasteiger partial charge in [0.15, 0.2) is 14.7 Å². The van der Waals surface area contributed by atoms with E-state index in [0.29, 0.717) is 9.79 Å². The molecule has 0 radical (unpaired) electrons. The first kappa shape index (κ1) is 20.3. The molecule has 0 atom stereocenters. The van der Waals surface area contributed by atoms with Crippen LogP contribution in [0.4, 0.5) is 26.3 Å². The Morgan fingerprint density at radius 2 is 0.786 bits per heavy atom. The van der Waals surface area contributed by atoms with Gasteiger partial charge in [0.1, 0.15) is 0 Å². The quantitative estimate of drug-likeness (QED) is 0.317. The molecule has 0 saturated carbocycles. The van der Waals surface area contributed by atoms with E-state index >= 15 is 0 Å². The van der Waals surface area contributed by atoms with Gasteiger partial charge < -0.3 is 0 Å². The Kier molecular flexibility index (Phi) is 5.48. The largest absolute Gasteiger partial charge is 0.416 e. The van der Waals surface area contributed by atoms with Crippen molar-refractivity contribution in [3.05, 3.63) is 89.5 Å². The van der Waals surface area contributed by atoms with Crippen molar-refractivity contribution in [3.63, 3.8) is 0 Å². The zero-order chi connectivity index (χ0) is 20.5. The molecule has 28 heavy (non-hydrogen) atoms. The van der Waals surface area contributed by atoms with Gasteiger partial charge in [-0.05, 0) is 67.6 Å². The lowest BCUT2D eigenvalue weighted by Crippen LogP contribution is -2.09. The molecule has 146 valence electrons. The highest BCUT2D eigenvalue weighted by molar-refractivity contribution is 7.97. The van der Waals surface area contributed by atoms with Gasteiger partial charge >= 0.3 is 12.4 Å². The molecular weight excluding hydrogens is 398 g/mol. The third kappa shape index (κ3) is 4.52. The standard InChI is InChI=1S/C21H15F6S/c1-14-2-8-17(9-3-14)28(18-10-4-15(5-11-18)20(22,23)24)19-12-6-16(7-13-19)21(25,26)27/h2-13H,1H3/q+1. The minimum absolute atomic E-state index is 0.594. The summed E-state index contributed by atoms with van der Waals surface area (Å²) in [6, 6.07) is 16.9. The van der Waals surface area contributed by atoms with Crippen LogP contribution < -0.4 is 0 Å². The summed E-state index contributed by atoms with van der Waals surface area (Å²) < 4.78 is 77.2. The number of aryl methyl sites for hydroxylation is 1. The minimum atomic E-state index is -4.45. The van der Waals surface area contributed by atoms with Crippen LogP contribution in [0, 0.1) is 6.92 Å². The van der Waals surface area contributed by atoms with Crippen LogP contribution in [0.2, 0.25) is 0 Å². The van der Waals surface area contributed by atoms with Gasteiger partial charge in [0.05, 0.1) is 22.0 Å². The second-order valence-corrected chi connectivity index (χ2v) is 8.19. The Balaban J connectivity index is 2.06. The third-order valence-electron chi connectivity index (χ3n) is 4.09. The second kappa shape index (κ2) is 7.54. The van der Waals surface area contributed by atoms with E-state index in [2.05, 4.69) is 0 Å². The molecular formula is C21H15F6S+. The van der Waals surface area contributed by atoms with E-state index in [0.717, 1.165) is 34.7 Å². The zero-order valence-corrected chi connectivity index (χ0v) is 15.4. The maximum absolute atomic E-state index is 12.9. The summed E-state index contributed by atoms with van der Waals surface area (Å²) in [6.45, 7) is 1.90. The second-order valence-electron chi connectivity index (χ2n) is 6.16. The molecule has 0 heterocycles. The van der Waals surface area contributed by atoms with Crippen molar-refractivity contribution in [1.29, 1.82) is 0 Å². The summed E-state index contributed by atoms with van der Waals surface area (Å²) >= 11 is 0. The van der Waals surface area contributed by atoms with E-state index < -0.39 is 34.4 Å². The molecule has 3 rings (SSSR count). The number of hydrogen-bond acceptors (Lipinski definition) is 0. The maximum Gasteiger partial charge on any atom is 0.416 e. The highest BCUT2D eigenvalue weighted by Crippen LogP contribution is 2.36. The number of alkyl halides is 6. The molecule has 0 saturated heterocycles. The average molecular weight is 413 g/mol. The highest BCUT2D eigenvalue weighted by atomic mass is 32.2. The van der Waals surface area contributed by atoms with Crippen LogP contribution in [0.3, 0.4) is 0 Å². The molecule has 0 aromatic heterocycles. The number of halogens is 6. The number of benzene rings is 3. The molecule has 0 fully saturated rings. The fourth-order valence-corrected chi connectivity index (χ4v) is 4.68. The molecule has 0 aliphatic heterocycles. The third-order valence-corrected chi connectivity index (χ3v) is 6.32. The van der Waals surface area contributed by atoms with Gasteiger partial charge in [0, 0.05) is 0 Å². The van der Waals surface area contributed by atoms with Crippen molar-refractivity contribution in [2.75, 3.05) is 0 Å². The highest BCUT2D eigenvalue weighted by Gasteiger charge is 2.35. The Morgan fingerprint density at radius 1 is 0.500 bits per heavy atom. The van der Waals surface area contributed by atoms with E-state index in [9.17, 15) is 26.3 Å². The van der Waals surface area contributed by atoms with E-state index in [-0.39, 0.29) is 0 Å². The van der Waals surface area contributed by atoms with Crippen LogP contribution in [-0.4, -0.2) is 0 Å². The monoisotopic (exact) mass is 413 g/mol. The van der Waals surface area contributed by atoms with Gasteiger partial charge in [-0.25, -0.2) is 0 Å². The Hall–Kier alpha value is -2.41. The summed E-state index contributed by atoms with van der Waals surface area (Å²) in [5.74, 6) is 0. The molecule has 3 aromatic rings. The van der Waals surface area contributed by atoms with Gasteiger partial charge in [-0.15, -0.1) is 0 Å². The van der Waals surface area contributed by atoms with Gasteiger partial charge in [-0.3, -0.25) is 0 Å². The van der Waals surface area contributed by atoms with Crippen molar-refractivity contribution in [3.8, 4) is 0 Å². The predicted molar refractivity (Wildman–Crippen MR) is 96.2 cm³/mol. The summed E-state index contributed by atoms with van der Waals surface area (Å²) in [6.07, 6.45) is -8.90. The topological polar surface area (TPSA) is 0 Å². The molecule has 0 amide bonds. The molecule has 0 unspecified atom stereocenters. The molecule has 0 bridgehead atoms. The normalized spacial score (nSPS) is 12.4. The summed E-state index contributed by atoms with van der Waals surface area (Å²) in [5, 5.41) is 0. The molecule has 3 aromatic carbocycles. The Morgan fingerprint density at radius 3 is 1.07 bits per heavy atom. The summed E-state index contributed by atoms with van der Waals surface area (Å²) in [7, 11) is -0.828. The first-order valence-electron chi connectivity index (χ1n) is 8.21. The minimum Gasteiger partial charge on any atom is -0.166 e. The van der Waals surface area contributed by atoms with Gasteiger partial charge in [-0.1, -0.05) is 17.7 Å². The van der Waals surface area contributed by atoms with E-state index in [1.54, 1.807) is 0 Å².